The zero-order chi connectivity index (χ0) is 20.5. The lowest BCUT2D eigenvalue weighted by Gasteiger charge is -2.27. The van der Waals surface area contributed by atoms with Crippen LogP contribution in [-0.4, -0.2) is 35.6 Å². The van der Waals surface area contributed by atoms with Crippen molar-refractivity contribution >= 4 is 33.9 Å². The molecule has 5 rings (SSSR count). The fourth-order valence-electron chi connectivity index (χ4n) is 4.29. The number of hydrogen-bond donors (Lipinski definition) is 1. The van der Waals surface area contributed by atoms with Gasteiger partial charge in [-0.15, -0.1) is 0 Å². The van der Waals surface area contributed by atoms with E-state index in [1.165, 1.54) is 0 Å². The van der Waals surface area contributed by atoms with Gasteiger partial charge in [-0.1, -0.05) is 42.5 Å². The number of fused-ring (bicyclic) bond motifs is 3. The molecular weight excluding hydrogens is 378 g/mol. The second-order valence-corrected chi connectivity index (χ2v) is 7.69. The number of benzene rings is 2. The van der Waals surface area contributed by atoms with Crippen molar-refractivity contribution in [3.05, 3.63) is 54.6 Å². The number of piperidine rings is 1. The van der Waals surface area contributed by atoms with E-state index >= 15 is 0 Å². The molecule has 1 saturated heterocycles. The smallest absolute Gasteiger partial charge is 0.314 e. The molecule has 0 amide bonds. The minimum atomic E-state index is -0.122. The summed E-state index contributed by atoms with van der Waals surface area (Å²) < 4.78 is 11.5. The number of carbonyl (C=O) groups excluding carboxylic acids is 1. The van der Waals surface area contributed by atoms with Crippen LogP contribution >= 0.6 is 0 Å². The molecule has 0 aliphatic carbocycles. The molecular formula is C24H24N3O3+. The van der Waals surface area contributed by atoms with E-state index in [2.05, 4.69) is 0 Å². The van der Waals surface area contributed by atoms with Crippen molar-refractivity contribution in [3.63, 3.8) is 0 Å². The predicted octanol–water partition coefficient (Wildman–Crippen LogP) is 3.53. The Labute approximate surface area is 174 Å². The van der Waals surface area contributed by atoms with Crippen LogP contribution in [0.4, 0.5) is 5.82 Å². The zero-order valence-electron chi connectivity index (χ0n) is 16.9. The van der Waals surface area contributed by atoms with E-state index in [1.807, 2.05) is 61.5 Å². The third-order valence-corrected chi connectivity index (χ3v) is 5.73. The number of aromatic nitrogens is 2. The number of esters is 1. The molecule has 3 heterocycles. The van der Waals surface area contributed by atoms with Crippen molar-refractivity contribution in [2.45, 2.75) is 19.8 Å². The second-order valence-electron chi connectivity index (χ2n) is 7.69. The lowest BCUT2D eigenvalue weighted by atomic mass is 9.98. The Morgan fingerprint density at radius 3 is 2.77 bits per heavy atom. The van der Waals surface area contributed by atoms with Gasteiger partial charge in [-0.25, -0.2) is 4.98 Å². The Kier molecular flexibility index (Phi) is 4.93. The van der Waals surface area contributed by atoms with Crippen molar-refractivity contribution in [1.82, 2.24) is 9.97 Å². The SMILES string of the molecule is CCOC(=O)C1CCC[NH+](c2nc(-c3ccccc3)nc3c2oc2ccccc23)C1. The quantitative estimate of drug-likeness (QED) is 0.529. The number of hydrogen-bond acceptors (Lipinski definition) is 5. The van der Waals surface area contributed by atoms with Crippen molar-refractivity contribution in [2.75, 3.05) is 19.7 Å². The average molecular weight is 402 g/mol. The third-order valence-electron chi connectivity index (χ3n) is 5.73. The summed E-state index contributed by atoms with van der Waals surface area (Å²) in [7, 11) is 0. The molecule has 2 unspecified atom stereocenters. The molecule has 0 saturated carbocycles. The van der Waals surface area contributed by atoms with Crippen LogP contribution in [0.25, 0.3) is 33.5 Å². The molecule has 1 aliphatic heterocycles. The third kappa shape index (κ3) is 3.33. The van der Waals surface area contributed by atoms with Crippen LogP contribution in [0.2, 0.25) is 0 Å². The van der Waals surface area contributed by atoms with Crippen LogP contribution in [0.5, 0.6) is 0 Å². The minimum absolute atomic E-state index is 0.118. The number of furan rings is 1. The van der Waals surface area contributed by atoms with Crippen LogP contribution in [0.1, 0.15) is 19.8 Å². The van der Waals surface area contributed by atoms with Crippen LogP contribution < -0.4 is 4.90 Å². The van der Waals surface area contributed by atoms with Crippen LogP contribution in [-0.2, 0) is 9.53 Å². The molecule has 0 bridgehead atoms. The molecule has 30 heavy (non-hydrogen) atoms. The van der Waals surface area contributed by atoms with Gasteiger partial charge in [0.25, 0.3) is 5.82 Å². The van der Waals surface area contributed by atoms with E-state index in [4.69, 9.17) is 19.1 Å². The van der Waals surface area contributed by atoms with Gasteiger partial charge in [0, 0.05) is 10.9 Å². The van der Waals surface area contributed by atoms with Gasteiger partial charge in [0.05, 0.1) is 19.7 Å². The van der Waals surface area contributed by atoms with Gasteiger partial charge in [0.15, 0.2) is 5.82 Å². The molecule has 152 valence electrons. The molecule has 0 radical (unpaired) electrons. The summed E-state index contributed by atoms with van der Waals surface area (Å²) in [4.78, 5) is 23.3. The number of para-hydroxylation sites is 1. The Hall–Kier alpha value is -3.25. The van der Waals surface area contributed by atoms with Gasteiger partial charge in [-0.05, 0) is 31.9 Å². The van der Waals surface area contributed by atoms with Gasteiger partial charge in [-0.2, -0.15) is 4.98 Å². The largest absolute Gasteiger partial charge is 0.466 e. The van der Waals surface area contributed by atoms with E-state index < -0.39 is 0 Å². The summed E-state index contributed by atoms with van der Waals surface area (Å²) in [6.45, 7) is 3.80. The summed E-state index contributed by atoms with van der Waals surface area (Å²) in [6.07, 6.45) is 1.79. The lowest BCUT2D eigenvalue weighted by Crippen LogP contribution is -3.09. The normalized spacial score (nSPS) is 19.2. The first-order chi connectivity index (χ1) is 14.7. The molecule has 6 nitrogen and oxygen atoms in total. The van der Waals surface area contributed by atoms with Crippen LogP contribution in [0.3, 0.4) is 0 Å². The van der Waals surface area contributed by atoms with Gasteiger partial charge < -0.3 is 9.15 Å². The summed E-state index contributed by atoms with van der Waals surface area (Å²) >= 11 is 0. The highest BCUT2D eigenvalue weighted by Gasteiger charge is 2.34. The molecule has 2 aromatic heterocycles. The number of carbonyl (C=O) groups is 1. The first kappa shape index (κ1) is 18.8. The minimum Gasteiger partial charge on any atom is -0.466 e. The molecule has 6 heteroatoms. The maximum absolute atomic E-state index is 12.4. The highest BCUT2D eigenvalue weighted by molar-refractivity contribution is 6.05. The zero-order valence-corrected chi connectivity index (χ0v) is 16.9. The summed E-state index contributed by atoms with van der Waals surface area (Å²) in [5.74, 6) is 1.26. The standard InChI is InChI=1S/C24H23N3O3/c1-2-29-24(28)17-11-8-14-27(15-17)23-21-20(18-12-6-7-13-19(18)30-21)25-22(26-23)16-9-4-3-5-10-16/h3-7,9-10,12-13,17H,2,8,11,14-15H2,1H3/p+1. The molecule has 1 fully saturated rings. The maximum Gasteiger partial charge on any atom is 0.314 e. The molecule has 2 aromatic carbocycles. The van der Waals surface area contributed by atoms with Crippen LogP contribution in [0.15, 0.2) is 59.0 Å². The Morgan fingerprint density at radius 2 is 1.93 bits per heavy atom. The Balaban J connectivity index is 1.65. The summed E-state index contributed by atoms with van der Waals surface area (Å²) in [5.41, 5.74) is 3.28. The summed E-state index contributed by atoms with van der Waals surface area (Å²) in [5, 5.41) is 0.978. The van der Waals surface area contributed by atoms with E-state index in [1.54, 1.807) is 0 Å². The van der Waals surface area contributed by atoms with Crippen molar-refractivity contribution < 1.29 is 18.8 Å². The number of rotatable bonds is 4. The number of ether oxygens (including phenoxy) is 1. The fraction of sp³-hybridized carbons (Fsp3) is 0.292. The summed E-state index contributed by atoms with van der Waals surface area (Å²) in [6, 6.07) is 17.9. The number of nitrogens with zero attached hydrogens (tertiary/aromatic N) is 2. The highest BCUT2D eigenvalue weighted by atomic mass is 16.5. The van der Waals surface area contributed by atoms with E-state index in [0.717, 1.165) is 52.2 Å². The average Bonchev–Trinajstić information content (AvgIpc) is 3.18. The fourth-order valence-corrected chi connectivity index (χ4v) is 4.29. The topological polar surface area (TPSA) is 69.7 Å². The molecule has 4 aromatic rings. The van der Waals surface area contributed by atoms with Gasteiger partial charge in [0.2, 0.25) is 5.58 Å². The van der Waals surface area contributed by atoms with Crippen molar-refractivity contribution in [1.29, 1.82) is 0 Å². The van der Waals surface area contributed by atoms with Gasteiger partial charge in [0.1, 0.15) is 17.0 Å². The first-order valence-electron chi connectivity index (χ1n) is 10.5. The Morgan fingerprint density at radius 1 is 1.13 bits per heavy atom. The molecule has 0 spiro atoms. The highest BCUT2D eigenvalue weighted by Crippen LogP contribution is 2.32. The van der Waals surface area contributed by atoms with Gasteiger partial charge >= 0.3 is 5.97 Å². The maximum atomic E-state index is 12.4. The molecule has 1 N–H and O–H groups in total. The van der Waals surface area contributed by atoms with Gasteiger partial charge in [-0.3, -0.25) is 9.69 Å². The molecule has 1 aliphatic rings. The van der Waals surface area contributed by atoms with E-state index in [0.29, 0.717) is 24.6 Å². The monoisotopic (exact) mass is 402 g/mol. The van der Waals surface area contributed by atoms with E-state index in [-0.39, 0.29) is 11.9 Å². The first-order valence-corrected chi connectivity index (χ1v) is 10.5. The molecule has 2 atom stereocenters. The predicted molar refractivity (Wildman–Crippen MR) is 114 cm³/mol. The number of nitrogens with one attached hydrogen (secondary N) is 1. The lowest BCUT2D eigenvalue weighted by molar-refractivity contribution is -0.843. The van der Waals surface area contributed by atoms with Crippen molar-refractivity contribution in [2.24, 2.45) is 5.92 Å². The van der Waals surface area contributed by atoms with Crippen molar-refractivity contribution in [3.8, 4) is 11.4 Å². The van der Waals surface area contributed by atoms with Crippen LogP contribution in [0, 0.1) is 5.92 Å². The second kappa shape index (κ2) is 7.88. The van der Waals surface area contributed by atoms with E-state index in [9.17, 15) is 4.79 Å². The Bertz CT molecular complexity index is 1200. The number of quaternary nitrogens is 1.